The summed E-state index contributed by atoms with van der Waals surface area (Å²) in [7, 11) is 1.28. The van der Waals surface area contributed by atoms with E-state index in [-0.39, 0.29) is 36.2 Å². The van der Waals surface area contributed by atoms with Crippen LogP contribution < -0.4 is 10.6 Å². The first kappa shape index (κ1) is 38.8. The van der Waals surface area contributed by atoms with Crippen LogP contribution in [0.5, 0.6) is 0 Å². The molecule has 5 aromatic rings. The summed E-state index contributed by atoms with van der Waals surface area (Å²) >= 11 is 0. The zero-order valence-corrected chi connectivity index (χ0v) is 32.1. The summed E-state index contributed by atoms with van der Waals surface area (Å²) in [6, 6.07) is 17.8. The quantitative estimate of drug-likeness (QED) is 0.0992. The van der Waals surface area contributed by atoms with Gasteiger partial charge in [-0.2, -0.15) is 0 Å². The molecule has 0 saturated carbocycles. The predicted octanol–water partition coefficient (Wildman–Crippen LogP) is 6.12. The molecule has 2 saturated heterocycles. The van der Waals surface area contributed by atoms with Crippen LogP contribution in [0.25, 0.3) is 33.6 Å². The highest BCUT2D eigenvalue weighted by Crippen LogP contribution is 2.35. The first-order valence-electron chi connectivity index (χ1n) is 19.2. The Hall–Kier alpha value is -6.51. The van der Waals surface area contributed by atoms with Gasteiger partial charge >= 0.3 is 12.2 Å². The number of rotatable bonds is 12. The molecular weight excluding hydrogens is 727 g/mol. The fourth-order valence-electron chi connectivity index (χ4n) is 7.80. The second-order valence-corrected chi connectivity index (χ2v) is 14.8. The Kier molecular flexibility index (Phi) is 11.6. The molecule has 2 fully saturated rings. The predicted molar refractivity (Wildman–Crippen MR) is 211 cm³/mol. The molecule has 5 N–H and O–H groups in total. The third kappa shape index (κ3) is 8.67. The number of carbonyl (C=O) groups excluding carboxylic acids is 3. The highest BCUT2D eigenvalue weighted by atomic mass is 16.5. The van der Waals surface area contributed by atoms with Crippen molar-refractivity contribution in [2.75, 3.05) is 20.2 Å². The maximum atomic E-state index is 13.7. The van der Waals surface area contributed by atoms with Gasteiger partial charge in [0.05, 0.1) is 43.0 Å². The minimum atomic E-state index is -1.25. The summed E-state index contributed by atoms with van der Waals surface area (Å²) in [6.45, 7) is 4.89. The van der Waals surface area contributed by atoms with Gasteiger partial charge in [-0.25, -0.2) is 19.6 Å². The molecule has 2 aliphatic heterocycles. The second kappa shape index (κ2) is 17.1. The van der Waals surface area contributed by atoms with Crippen LogP contribution in [-0.2, 0) is 20.7 Å². The number of imidazole rings is 2. The summed E-state index contributed by atoms with van der Waals surface area (Å²) < 4.78 is 4.75. The van der Waals surface area contributed by atoms with Gasteiger partial charge in [-0.1, -0.05) is 68.4 Å². The molecular formula is C42H47N9O6. The molecule has 0 aliphatic carbocycles. The highest BCUT2D eigenvalue weighted by molar-refractivity contribution is 5.87. The Morgan fingerprint density at radius 2 is 1.30 bits per heavy atom. The van der Waals surface area contributed by atoms with E-state index in [1.54, 1.807) is 40.7 Å². The van der Waals surface area contributed by atoms with Gasteiger partial charge in [0.25, 0.3) is 0 Å². The van der Waals surface area contributed by atoms with Crippen molar-refractivity contribution >= 4 is 24.0 Å². The Labute approximate surface area is 330 Å². The Morgan fingerprint density at radius 1 is 0.772 bits per heavy atom. The number of aromatic nitrogens is 5. The lowest BCUT2D eigenvalue weighted by atomic mass is 10.0. The monoisotopic (exact) mass is 773 g/mol. The van der Waals surface area contributed by atoms with Gasteiger partial charge in [0.1, 0.15) is 23.7 Å². The Bertz CT molecular complexity index is 2180. The third-order valence-corrected chi connectivity index (χ3v) is 10.8. The molecule has 2 aromatic carbocycles. The van der Waals surface area contributed by atoms with Gasteiger partial charge in [0.15, 0.2) is 0 Å². The topological polar surface area (TPSA) is 199 Å². The lowest BCUT2D eigenvalue weighted by Crippen LogP contribution is -2.51. The molecule has 4 amide bonds. The number of ether oxygens (including phenoxy) is 1. The number of nitrogens with zero attached hydrogens (tertiary/aromatic N) is 5. The van der Waals surface area contributed by atoms with Crippen LogP contribution in [0.1, 0.15) is 68.8 Å². The molecule has 57 heavy (non-hydrogen) atoms. The largest absolute Gasteiger partial charge is 0.465 e. The van der Waals surface area contributed by atoms with Gasteiger partial charge in [-0.15, -0.1) is 0 Å². The number of hydrogen-bond donors (Lipinski definition) is 5. The van der Waals surface area contributed by atoms with E-state index in [9.17, 15) is 24.3 Å². The molecule has 15 nitrogen and oxygen atoms in total. The highest BCUT2D eigenvalue weighted by Gasteiger charge is 2.38. The maximum absolute atomic E-state index is 13.7. The minimum Gasteiger partial charge on any atom is -0.465 e. The molecule has 0 bridgehead atoms. The van der Waals surface area contributed by atoms with Crippen molar-refractivity contribution in [3.63, 3.8) is 0 Å². The van der Waals surface area contributed by atoms with Crippen LogP contribution in [0.2, 0.25) is 0 Å². The van der Waals surface area contributed by atoms with Crippen molar-refractivity contribution in [1.82, 2.24) is 45.4 Å². The van der Waals surface area contributed by atoms with Crippen molar-refractivity contribution in [2.45, 2.75) is 70.1 Å². The van der Waals surface area contributed by atoms with E-state index in [1.165, 1.54) is 7.11 Å². The fourth-order valence-corrected chi connectivity index (χ4v) is 7.80. The van der Waals surface area contributed by atoms with Crippen LogP contribution >= 0.6 is 0 Å². The van der Waals surface area contributed by atoms with Crippen molar-refractivity contribution in [2.24, 2.45) is 5.92 Å². The summed E-state index contributed by atoms with van der Waals surface area (Å²) in [4.78, 5) is 74.6. The van der Waals surface area contributed by atoms with Crippen molar-refractivity contribution in [3.05, 3.63) is 103 Å². The zero-order chi connectivity index (χ0) is 40.1. The van der Waals surface area contributed by atoms with Crippen molar-refractivity contribution < 1.29 is 29.0 Å². The number of H-pyrrole nitrogens is 2. The van der Waals surface area contributed by atoms with Crippen LogP contribution in [0.15, 0.2) is 85.5 Å². The van der Waals surface area contributed by atoms with Gasteiger partial charge in [0.2, 0.25) is 11.8 Å². The molecule has 15 heteroatoms. The SMILES string of the molecule is COC(=O)N[C@H](C(=O)N1CCCC1c1ncc(-c2ccc(-c3ccc(-c4cnc([C@@H]5CCCN5C(=O)[C@H](Cc5cccnc5)NC(=O)O)[nH]4)cc3)cc2)[nH]1)C(C)C. The lowest BCUT2D eigenvalue weighted by Gasteiger charge is -2.30. The van der Waals surface area contributed by atoms with Crippen LogP contribution in [0, 0.1) is 5.92 Å². The number of likely N-dealkylation sites (tertiary alicyclic amines) is 2. The molecule has 0 radical (unpaired) electrons. The Morgan fingerprint density at radius 3 is 1.77 bits per heavy atom. The van der Waals surface area contributed by atoms with E-state index in [0.717, 1.165) is 58.5 Å². The summed E-state index contributed by atoms with van der Waals surface area (Å²) in [5.41, 5.74) is 6.41. The van der Waals surface area contributed by atoms with Gasteiger partial charge in [-0.05, 0) is 65.5 Å². The Balaban J connectivity index is 0.998. The van der Waals surface area contributed by atoms with Crippen LogP contribution in [-0.4, -0.2) is 96.1 Å². The number of aromatic amines is 2. The molecule has 3 aromatic heterocycles. The number of pyridine rings is 1. The number of methoxy groups -OCH3 is 1. The normalized spacial score (nSPS) is 17.7. The van der Waals surface area contributed by atoms with E-state index in [2.05, 4.69) is 59.8 Å². The lowest BCUT2D eigenvalue weighted by molar-refractivity contribution is -0.135. The van der Waals surface area contributed by atoms with E-state index in [4.69, 9.17) is 4.74 Å². The summed E-state index contributed by atoms with van der Waals surface area (Å²) in [5.74, 6) is 0.828. The average Bonchev–Trinajstić information content (AvgIpc) is 4.06. The average molecular weight is 774 g/mol. The van der Waals surface area contributed by atoms with E-state index in [0.29, 0.717) is 31.2 Å². The fraction of sp³-hybridized carbons (Fsp3) is 0.357. The van der Waals surface area contributed by atoms with E-state index < -0.39 is 24.3 Å². The first-order valence-corrected chi connectivity index (χ1v) is 19.2. The summed E-state index contributed by atoms with van der Waals surface area (Å²) in [5, 5.41) is 14.6. The van der Waals surface area contributed by atoms with Crippen molar-refractivity contribution in [3.8, 4) is 33.6 Å². The first-order chi connectivity index (χ1) is 27.6. The number of hydrogen-bond acceptors (Lipinski definition) is 8. The van der Waals surface area contributed by atoms with Gasteiger partial charge < -0.3 is 40.2 Å². The van der Waals surface area contributed by atoms with Gasteiger partial charge in [-0.3, -0.25) is 14.6 Å². The number of alkyl carbamates (subject to hydrolysis) is 1. The smallest absolute Gasteiger partial charge is 0.407 e. The molecule has 2 aliphatic rings. The zero-order valence-electron chi connectivity index (χ0n) is 32.1. The summed E-state index contributed by atoms with van der Waals surface area (Å²) in [6.07, 6.45) is 8.26. The standard InChI is InChI=1S/C42H47N9O6/c1-25(2)36(49-42(56)57-3)40(53)51-20-6-9-35(51)38-45-24-33(47-38)30-16-12-28(13-17-30)27-10-14-29(15-11-27)32-23-44-37(46-32)34-8-5-19-50(34)39(52)31(48-41(54)55)21-26-7-4-18-43-22-26/h4,7,10-18,22-25,31,34-36,48H,5-6,8-9,19-21H2,1-3H3,(H,44,46)(H,45,47)(H,49,56)(H,54,55)/t31-,34-,35?,36-/m0/s1. The number of amides is 4. The molecule has 1 unspecified atom stereocenters. The minimum absolute atomic E-state index is 0.112. The number of nitrogens with one attached hydrogen (secondary N) is 4. The van der Waals surface area contributed by atoms with E-state index in [1.807, 2.05) is 44.2 Å². The van der Waals surface area contributed by atoms with Gasteiger partial charge in [0, 0.05) is 31.9 Å². The second-order valence-electron chi connectivity index (χ2n) is 14.8. The number of carboxylic acid groups (broad SMARTS) is 1. The molecule has 4 atom stereocenters. The molecule has 7 rings (SSSR count). The van der Waals surface area contributed by atoms with Crippen LogP contribution in [0.4, 0.5) is 9.59 Å². The molecule has 5 heterocycles. The third-order valence-electron chi connectivity index (χ3n) is 10.8. The number of carbonyl (C=O) groups is 4. The molecule has 0 spiro atoms. The van der Waals surface area contributed by atoms with Crippen LogP contribution in [0.3, 0.4) is 0 Å². The molecule has 296 valence electrons. The maximum Gasteiger partial charge on any atom is 0.407 e. The van der Waals surface area contributed by atoms with Crippen molar-refractivity contribution in [1.29, 1.82) is 0 Å². The number of benzene rings is 2. The van der Waals surface area contributed by atoms with E-state index >= 15 is 0 Å².